The standard InChI is InChI=1S/C17H24BFO4/c1-16(2)17(3,4)23-18(22-16)13-8-5-9-14(15(13)19)21-11-12-7-6-10-20-12/h5,8-9,12H,6-7,10-11H2,1-4H3/t12-/m0/s1. The van der Waals surface area contributed by atoms with Crippen LogP contribution in [0.1, 0.15) is 40.5 Å². The summed E-state index contributed by atoms with van der Waals surface area (Å²) < 4.78 is 37.7. The molecule has 0 spiro atoms. The van der Waals surface area contributed by atoms with Gasteiger partial charge in [-0.1, -0.05) is 12.1 Å². The highest BCUT2D eigenvalue weighted by Crippen LogP contribution is 2.37. The van der Waals surface area contributed by atoms with Crippen molar-refractivity contribution in [1.82, 2.24) is 0 Å². The van der Waals surface area contributed by atoms with E-state index in [2.05, 4.69) is 0 Å². The summed E-state index contributed by atoms with van der Waals surface area (Å²) in [5.41, 5.74) is -0.634. The Labute approximate surface area is 137 Å². The van der Waals surface area contributed by atoms with Crippen LogP contribution in [0.2, 0.25) is 0 Å². The molecule has 0 N–H and O–H groups in total. The molecule has 3 rings (SSSR count). The third kappa shape index (κ3) is 3.25. The van der Waals surface area contributed by atoms with Crippen LogP contribution in [0.5, 0.6) is 5.75 Å². The van der Waals surface area contributed by atoms with E-state index in [1.807, 2.05) is 27.7 Å². The second kappa shape index (κ2) is 6.08. The zero-order valence-corrected chi connectivity index (χ0v) is 14.2. The van der Waals surface area contributed by atoms with Crippen LogP contribution in [0.4, 0.5) is 4.39 Å². The lowest BCUT2D eigenvalue weighted by Gasteiger charge is -2.32. The highest BCUT2D eigenvalue weighted by Gasteiger charge is 2.52. The molecule has 2 aliphatic heterocycles. The molecule has 0 radical (unpaired) electrons. The fraction of sp³-hybridized carbons (Fsp3) is 0.647. The molecule has 1 atom stereocenters. The Morgan fingerprint density at radius 3 is 2.52 bits per heavy atom. The van der Waals surface area contributed by atoms with E-state index in [4.69, 9.17) is 18.8 Å². The first kappa shape index (κ1) is 16.7. The first-order chi connectivity index (χ1) is 10.8. The summed E-state index contributed by atoms with van der Waals surface area (Å²) in [7, 11) is -0.730. The normalized spacial score (nSPS) is 25.8. The predicted molar refractivity (Wildman–Crippen MR) is 86.6 cm³/mol. The molecule has 0 unspecified atom stereocenters. The van der Waals surface area contributed by atoms with Gasteiger partial charge in [0.2, 0.25) is 0 Å². The van der Waals surface area contributed by atoms with E-state index < -0.39 is 24.1 Å². The molecule has 2 fully saturated rings. The van der Waals surface area contributed by atoms with E-state index in [0.29, 0.717) is 12.1 Å². The largest absolute Gasteiger partial charge is 0.497 e. The topological polar surface area (TPSA) is 36.9 Å². The second-order valence-electron chi connectivity index (χ2n) is 7.19. The van der Waals surface area contributed by atoms with Gasteiger partial charge >= 0.3 is 7.12 Å². The van der Waals surface area contributed by atoms with Crippen molar-refractivity contribution in [1.29, 1.82) is 0 Å². The second-order valence-corrected chi connectivity index (χ2v) is 7.19. The van der Waals surface area contributed by atoms with Crippen molar-refractivity contribution >= 4 is 12.6 Å². The van der Waals surface area contributed by atoms with Gasteiger partial charge < -0.3 is 18.8 Å². The first-order valence-corrected chi connectivity index (χ1v) is 8.19. The number of ether oxygens (including phenoxy) is 2. The van der Waals surface area contributed by atoms with Crippen LogP contribution < -0.4 is 10.2 Å². The van der Waals surface area contributed by atoms with Gasteiger partial charge in [-0.3, -0.25) is 0 Å². The minimum atomic E-state index is -0.730. The Hall–Kier alpha value is -1.11. The molecular weight excluding hydrogens is 298 g/mol. The van der Waals surface area contributed by atoms with E-state index in [0.717, 1.165) is 19.4 Å². The van der Waals surface area contributed by atoms with E-state index in [1.165, 1.54) is 0 Å². The molecule has 0 aromatic heterocycles. The van der Waals surface area contributed by atoms with Gasteiger partial charge in [0, 0.05) is 12.1 Å². The summed E-state index contributed by atoms with van der Waals surface area (Å²) in [6, 6.07) is 5.06. The van der Waals surface area contributed by atoms with Gasteiger partial charge in [-0.15, -0.1) is 0 Å². The van der Waals surface area contributed by atoms with Crippen molar-refractivity contribution in [2.45, 2.75) is 57.8 Å². The molecule has 23 heavy (non-hydrogen) atoms. The Kier molecular flexibility index (Phi) is 4.42. The first-order valence-electron chi connectivity index (χ1n) is 8.19. The molecule has 2 aliphatic rings. The predicted octanol–water partition coefficient (Wildman–Crippen LogP) is 2.68. The van der Waals surface area contributed by atoms with Gasteiger partial charge in [-0.2, -0.15) is 0 Å². The van der Waals surface area contributed by atoms with Gasteiger partial charge in [-0.05, 0) is 46.6 Å². The summed E-state index contributed by atoms with van der Waals surface area (Å²) in [6.07, 6.45) is 2.04. The summed E-state index contributed by atoms with van der Waals surface area (Å²) in [4.78, 5) is 0. The van der Waals surface area contributed by atoms with Gasteiger partial charge in [0.15, 0.2) is 11.6 Å². The molecule has 4 nitrogen and oxygen atoms in total. The Morgan fingerprint density at radius 1 is 1.22 bits per heavy atom. The lowest BCUT2D eigenvalue weighted by molar-refractivity contribution is 0.00578. The zero-order chi connectivity index (χ0) is 16.7. The average Bonchev–Trinajstić information content (AvgIpc) is 3.04. The van der Waals surface area contributed by atoms with Crippen molar-refractivity contribution in [3.05, 3.63) is 24.0 Å². The SMILES string of the molecule is CC1(C)OB(c2cccc(OC[C@@H]3CCCO3)c2F)OC1(C)C. The number of hydrogen-bond donors (Lipinski definition) is 0. The summed E-state index contributed by atoms with van der Waals surface area (Å²) in [6.45, 7) is 8.91. The number of halogens is 1. The van der Waals surface area contributed by atoms with E-state index in [9.17, 15) is 4.39 Å². The van der Waals surface area contributed by atoms with Crippen molar-refractivity contribution in [3.63, 3.8) is 0 Å². The van der Waals surface area contributed by atoms with Crippen LogP contribution in [-0.4, -0.2) is 37.6 Å². The minimum absolute atomic E-state index is 0.0508. The third-order valence-electron chi connectivity index (χ3n) is 4.95. The lowest BCUT2D eigenvalue weighted by atomic mass is 9.78. The van der Waals surface area contributed by atoms with Crippen molar-refractivity contribution in [3.8, 4) is 5.75 Å². The Bertz CT molecular complexity index is 554. The van der Waals surface area contributed by atoms with Gasteiger partial charge in [0.05, 0.1) is 17.3 Å². The van der Waals surface area contributed by atoms with Gasteiger partial charge in [-0.25, -0.2) is 4.39 Å². The number of benzene rings is 1. The molecule has 0 saturated carbocycles. The Balaban J connectivity index is 1.75. The molecule has 0 amide bonds. The maximum atomic E-state index is 14.8. The smallest absolute Gasteiger partial charge is 0.488 e. The van der Waals surface area contributed by atoms with Crippen LogP contribution in [0, 0.1) is 5.82 Å². The third-order valence-corrected chi connectivity index (χ3v) is 4.95. The van der Waals surface area contributed by atoms with Gasteiger partial charge in [0.1, 0.15) is 6.61 Å². The lowest BCUT2D eigenvalue weighted by Crippen LogP contribution is -2.41. The summed E-state index contributed by atoms with van der Waals surface area (Å²) in [5.74, 6) is -0.211. The fourth-order valence-electron chi connectivity index (χ4n) is 2.75. The summed E-state index contributed by atoms with van der Waals surface area (Å²) in [5, 5.41) is 0. The zero-order valence-electron chi connectivity index (χ0n) is 14.2. The van der Waals surface area contributed by atoms with Crippen LogP contribution in [0.25, 0.3) is 0 Å². The maximum Gasteiger partial charge on any atom is 0.497 e. The number of hydrogen-bond acceptors (Lipinski definition) is 4. The Morgan fingerprint density at radius 2 is 1.91 bits per heavy atom. The quantitative estimate of drug-likeness (QED) is 0.799. The molecule has 126 valence electrons. The van der Waals surface area contributed by atoms with E-state index >= 15 is 0 Å². The molecule has 2 heterocycles. The van der Waals surface area contributed by atoms with E-state index in [-0.39, 0.29) is 11.9 Å². The van der Waals surface area contributed by atoms with Crippen LogP contribution in [0.3, 0.4) is 0 Å². The van der Waals surface area contributed by atoms with Crippen molar-refractivity contribution < 1.29 is 23.2 Å². The molecule has 1 aromatic carbocycles. The maximum absolute atomic E-state index is 14.8. The van der Waals surface area contributed by atoms with E-state index in [1.54, 1.807) is 18.2 Å². The molecule has 0 aliphatic carbocycles. The minimum Gasteiger partial charge on any atom is -0.488 e. The van der Waals surface area contributed by atoms with Crippen molar-refractivity contribution in [2.75, 3.05) is 13.2 Å². The monoisotopic (exact) mass is 322 g/mol. The summed E-state index contributed by atoms with van der Waals surface area (Å²) >= 11 is 0. The molecule has 1 aromatic rings. The molecule has 0 bridgehead atoms. The molecule has 6 heteroatoms. The van der Waals surface area contributed by atoms with Crippen LogP contribution >= 0.6 is 0 Å². The molecular formula is C17H24BFO4. The van der Waals surface area contributed by atoms with Crippen LogP contribution in [0.15, 0.2) is 18.2 Å². The van der Waals surface area contributed by atoms with Gasteiger partial charge in [0.25, 0.3) is 0 Å². The highest BCUT2D eigenvalue weighted by molar-refractivity contribution is 6.62. The molecule has 2 saturated heterocycles. The number of rotatable bonds is 4. The van der Waals surface area contributed by atoms with Crippen LogP contribution in [-0.2, 0) is 14.0 Å². The highest BCUT2D eigenvalue weighted by atomic mass is 19.1. The van der Waals surface area contributed by atoms with Crippen molar-refractivity contribution in [2.24, 2.45) is 0 Å². The fourth-order valence-corrected chi connectivity index (χ4v) is 2.75. The average molecular weight is 322 g/mol.